The molecule has 19 heavy (non-hydrogen) atoms. The first kappa shape index (κ1) is 14.5. The highest BCUT2D eigenvalue weighted by Crippen LogP contribution is 2.28. The fraction of sp³-hybridized carbons (Fsp3) is 0.533. The number of ether oxygens (including phenoxy) is 1. The number of carbonyl (C=O) groups is 1. The zero-order chi connectivity index (χ0) is 13.8. The van der Waals surface area contributed by atoms with Gasteiger partial charge in [0.25, 0.3) is 0 Å². The maximum atomic E-state index is 12.3. The molecule has 0 bridgehead atoms. The lowest BCUT2D eigenvalue weighted by Crippen LogP contribution is -2.32. The lowest BCUT2D eigenvalue weighted by Gasteiger charge is -2.25. The van der Waals surface area contributed by atoms with Gasteiger partial charge in [-0.1, -0.05) is 22.4 Å². The molecule has 1 aromatic rings. The van der Waals surface area contributed by atoms with Gasteiger partial charge in [0.15, 0.2) is 0 Å². The molecule has 1 aliphatic rings. The maximum Gasteiger partial charge on any atom is 0.140 e. The third-order valence-electron chi connectivity index (χ3n) is 3.79. The minimum Gasteiger partial charge on any atom is -0.497 e. The van der Waals surface area contributed by atoms with Crippen LogP contribution in [0.4, 0.5) is 0 Å². The number of nitrogens with two attached hydrogens (primary N) is 1. The van der Waals surface area contributed by atoms with Crippen molar-refractivity contribution in [3.63, 3.8) is 0 Å². The first-order chi connectivity index (χ1) is 9.10. The normalized spacial score (nSPS) is 23.1. The molecule has 0 aliphatic heterocycles. The number of hydrogen-bond donors (Lipinski definition) is 1. The minimum atomic E-state index is 0.127. The van der Waals surface area contributed by atoms with E-state index in [4.69, 9.17) is 10.5 Å². The first-order valence-corrected chi connectivity index (χ1v) is 7.50. The highest BCUT2D eigenvalue weighted by atomic mass is 79.9. The molecule has 0 amide bonds. The van der Waals surface area contributed by atoms with Crippen LogP contribution in [0.2, 0.25) is 0 Å². The number of rotatable bonds is 4. The number of ketones is 1. The molecule has 0 spiro atoms. The van der Waals surface area contributed by atoms with E-state index < -0.39 is 0 Å². The molecule has 1 aromatic carbocycles. The summed E-state index contributed by atoms with van der Waals surface area (Å²) in [5, 5.41) is 0. The number of hydrogen-bond acceptors (Lipinski definition) is 3. The van der Waals surface area contributed by atoms with Gasteiger partial charge >= 0.3 is 0 Å². The Kier molecular flexibility index (Phi) is 4.99. The lowest BCUT2D eigenvalue weighted by atomic mass is 9.82. The molecule has 1 fully saturated rings. The van der Waals surface area contributed by atoms with E-state index in [9.17, 15) is 4.79 Å². The van der Waals surface area contributed by atoms with Gasteiger partial charge in [0.1, 0.15) is 11.5 Å². The van der Waals surface area contributed by atoms with Gasteiger partial charge in [-0.05, 0) is 43.0 Å². The van der Waals surface area contributed by atoms with Crippen molar-refractivity contribution in [2.45, 2.75) is 38.1 Å². The summed E-state index contributed by atoms with van der Waals surface area (Å²) in [7, 11) is 1.63. The van der Waals surface area contributed by atoms with Crippen LogP contribution in [0.25, 0.3) is 0 Å². The average molecular weight is 326 g/mol. The Hall–Kier alpha value is -0.870. The summed E-state index contributed by atoms with van der Waals surface area (Å²) in [5.41, 5.74) is 6.94. The van der Waals surface area contributed by atoms with Crippen LogP contribution in [0.1, 0.15) is 31.2 Å². The Morgan fingerprint density at radius 1 is 1.47 bits per heavy atom. The van der Waals surface area contributed by atoms with E-state index >= 15 is 0 Å². The van der Waals surface area contributed by atoms with E-state index in [1.165, 1.54) is 0 Å². The van der Waals surface area contributed by atoms with Crippen LogP contribution in [0.15, 0.2) is 22.7 Å². The summed E-state index contributed by atoms with van der Waals surface area (Å²) in [6.45, 7) is 0. The standard InChI is InChI=1S/C15H20BrNO2/c1-19-13-5-6-14(16)11(8-13)9-15(18)10-3-2-4-12(17)7-10/h5-6,8,10,12H,2-4,7,9,17H2,1H3. The van der Waals surface area contributed by atoms with Crippen molar-refractivity contribution in [2.75, 3.05) is 7.11 Å². The van der Waals surface area contributed by atoms with Crippen molar-refractivity contribution >= 4 is 21.7 Å². The molecule has 3 nitrogen and oxygen atoms in total. The van der Waals surface area contributed by atoms with E-state index in [1.54, 1.807) is 7.11 Å². The molecule has 1 saturated carbocycles. The molecule has 0 heterocycles. The Balaban J connectivity index is 2.05. The molecule has 2 unspecified atom stereocenters. The monoisotopic (exact) mass is 325 g/mol. The molecule has 0 radical (unpaired) electrons. The van der Waals surface area contributed by atoms with Crippen molar-refractivity contribution in [1.82, 2.24) is 0 Å². The quantitative estimate of drug-likeness (QED) is 0.925. The van der Waals surface area contributed by atoms with Crippen LogP contribution >= 0.6 is 15.9 Å². The number of benzene rings is 1. The molecular weight excluding hydrogens is 306 g/mol. The van der Waals surface area contributed by atoms with Gasteiger partial charge in [-0.2, -0.15) is 0 Å². The van der Waals surface area contributed by atoms with Crippen LogP contribution < -0.4 is 10.5 Å². The highest BCUT2D eigenvalue weighted by molar-refractivity contribution is 9.10. The highest BCUT2D eigenvalue weighted by Gasteiger charge is 2.25. The fourth-order valence-corrected chi connectivity index (χ4v) is 3.05. The zero-order valence-electron chi connectivity index (χ0n) is 11.2. The average Bonchev–Trinajstić information content (AvgIpc) is 2.41. The summed E-state index contributed by atoms with van der Waals surface area (Å²) in [6.07, 6.45) is 4.38. The Morgan fingerprint density at radius 2 is 2.26 bits per heavy atom. The number of carbonyl (C=O) groups excluding carboxylic acids is 1. The topological polar surface area (TPSA) is 52.3 Å². The van der Waals surface area contributed by atoms with Gasteiger partial charge in [-0.25, -0.2) is 0 Å². The second-order valence-electron chi connectivity index (χ2n) is 5.22. The molecule has 0 aromatic heterocycles. The van der Waals surface area contributed by atoms with Crippen LogP contribution in [0.3, 0.4) is 0 Å². The van der Waals surface area contributed by atoms with Crippen molar-refractivity contribution < 1.29 is 9.53 Å². The van der Waals surface area contributed by atoms with Crippen molar-refractivity contribution in [1.29, 1.82) is 0 Å². The van der Waals surface area contributed by atoms with Gasteiger partial charge < -0.3 is 10.5 Å². The van der Waals surface area contributed by atoms with Gasteiger partial charge in [0, 0.05) is 22.9 Å². The minimum absolute atomic E-state index is 0.127. The molecule has 2 N–H and O–H groups in total. The number of halogens is 1. The van der Waals surface area contributed by atoms with Crippen LogP contribution in [0, 0.1) is 5.92 Å². The van der Waals surface area contributed by atoms with Crippen LogP contribution in [-0.4, -0.2) is 18.9 Å². The molecular formula is C15H20BrNO2. The third kappa shape index (κ3) is 3.80. The second-order valence-corrected chi connectivity index (χ2v) is 6.08. The molecule has 2 atom stereocenters. The van der Waals surface area contributed by atoms with Gasteiger partial charge in [-0.15, -0.1) is 0 Å². The summed E-state index contributed by atoms with van der Waals surface area (Å²) in [4.78, 5) is 12.3. The molecule has 104 valence electrons. The smallest absolute Gasteiger partial charge is 0.140 e. The summed E-state index contributed by atoms with van der Waals surface area (Å²) in [6, 6.07) is 5.92. The maximum absolute atomic E-state index is 12.3. The van der Waals surface area contributed by atoms with Crippen LogP contribution in [-0.2, 0) is 11.2 Å². The van der Waals surface area contributed by atoms with E-state index in [0.29, 0.717) is 12.2 Å². The first-order valence-electron chi connectivity index (χ1n) is 6.71. The van der Waals surface area contributed by atoms with Gasteiger partial charge in [0.05, 0.1) is 7.11 Å². The van der Waals surface area contributed by atoms with E-state index in [0.717, 1.165) is 41.5 Å². The molecule has 1 aliphatic carbocycles. The Bertz CT molecular complexity index is 461. The molecule has 0 saturated heterocycles. The summed E-state index contributed by atoms with van der Waals surface area (Å²) in [5.74, 6) is 1.21. The van der Waals surface area contributed by atoms with Crippen molar-refractivity contribution in [2.24, 2.45) is 11.7 Å². The predicted octanol–water partition coefficient (Wildman–Crippen LogP) is 3.09. The summed E-state index contributed by atoms with van der Waals surface area (Å²) >= 11 is 3.49. The van der Waals surface area contributed by atoms with Gasteiger partial charge in [0.2, 0.25) is 0 Å². The Morgan fingerprint density at radius 3 is 2.95 bits per heavy atom. The molecule has 2 rings (SSSR count). The Labute approximate surface area is 122 Å². The zero-order valence-corrected chi connectivity index (χ0v) is 12.8. The van der Waals surface area contributed by atoms with Crippen LogP contribution in [0.5, 0.6) is 5.75 Å². The SMILES string of the molecule is COc1ccc(Br)c(CC(=O)C2CCCC(N)C2)c1. The van der Waals surface area contributed by atoms with E-state index in [-0.39, 0.29) is 12.0 Å². The fourth-order valence-electron chi connectivity index (χ4n) is 2.67. The second kappa shape index (κ2) is 6.53. The van der Waals surface area contributed by atoms with Crippen molar-refractivity contribution in [3.8, 4) is 5.75 Å². The number of methoxy groups -OCH3 is 1. The predicted molar refractivity (Wildman–Crippen MR) is 79.3 cm³/mol. The third-order valence-corrected chi connectivity index (χ3v) is 4.56. The van der Waals surface area contributed by atoms with Crippen molar-refractivity contribution in [3.05, 3.63) is 28.2 Å². The van der Waals surface area contributed by atoms with E-state index in [1.807, 2.05) is 18.2 Å². The lowest BCUT2D eigenvalue weighted by molar-refractivity contribution is -0.123. The largest absolute Gasteiger partial charge is 0.497 e. The summed E-state index contributed by atoms with van der Waals surface area (Å²) < 4.78 is 6.16. The molecule has 4 heteroatoms. The van der Waals surface area contributed by atoms with Gasteiger partial charge in [-0.3, -0.25) is 4.79 Å². The van der Waals surface area contributed by atoms with E-state index in [2.05, 4.69) is 15.9 Å². The number of Topliss-reactive ketones (excluding diaryl/α,β-unsaturated/α-hetero) is 1.